The fraction of sp³-hybridized carbons (Fsp3) is 0.211. The van der Waals surface area contributed by atoms with Crippen molar-refractivity contribution in [3.05, 3.63) is 84.4 Å². The van der Waals surface area contributed by atoms with Gasteiger partial charge in [-0.1, -0.05) is 30.3 Å². The minimum atomic E-state index is 0.153. The Morgan fingerprint density at radius 1 is 0.957 bits per heavy atom. The average molecular weight is 307 g/mol. The van der Waals surface area contributed by atoms with Gasteiger partial charge < -0.3 is 9.67 Å². The molecule has 0 atom stereocenters. The van der Waals surface area contributed by atoms with Gasteiger partial charge in [0.1, 0.15) is 0 Å². The third kappa shape index (κ3) is 4.06. The van der Waals surface area contributed by atoms with Crippen LogP contribution in [-0.4, -0.2) is 32.7 Å². The van der Waals surface area contributed by atoms with Crippen molar-refractivity contribution in [2.75, 3.05) is 13.2 Å². The lowest BCUT2D eigenvalue weighted by Gasteiger charge is -2.22. The zero-order valence-electron chi connectivity index (χ0n) is 13.0. The predicted molar refractivity (Wildman–Crippen MR) is 91.2 cm³/mol. The Balaban J connectivity index is 1.77. The molecule has 2 heterocycles. The van der Waals surface area contributed by atoms with Gasteiger partial charge in [-0.05, 0) is 29.8 Å². The molecule has 0 amide bonds. The molecule has 0 aliphatic rings. The standard InChI is InChI=1S/C19H21N3O/c23-13-12-21(15-17-6-2-1-3-7-17)16-19-9-5-11-22(19)18-8-4-10-20-14-18/h1-11,14,23H,12-13,15-16H2. The van der Waals surface area contributed by atoms with Crippen LogP contribution in [0, 0.1) is 0 Å². The predicted octanol–water partition coefficient (Wildman–Crippen LogP) is 2.87. The number of aliphatic hydroxyl groups is 1. The lowest BCUT2D eigenvalue weighted by atomic mass is 10.2. The maximum atomic E-state index is 9.37. The van der Waals surface area contributed by atoms with Crippen LogP contribution in [-0.2, 0) is 13.1 Å². The van der Waals surface area contributed by atoms with Crippen LogP contribution in [0.4, 0.5) is 0 Å². The average Bonchev–Trinajstić information content (AvgIpc) is 3.05. The Hall–Kier alpha value is -2.43. The molecule has 0 fully saturated rings. The molecule has 2 aromatic heterocycles. The molecular weight excluding hydrogens is 286 g/mol. The normalized spacial score (nSPS) is 11.0. The number of benzene rings is 1. The molecule has 4 heteroatoms. The first kappa shape index (κ1) is 15.5. The van der Waals surface area contributed by atoms with Crippen molar-refractivity contribution < 1.29 is 5.11 Å². The Bertz CT molecular complexity index is 710. The van der Waals surface area contributed by atoms with Crippen molar-refractivity contribution in [1.29, 1.82) is 0 Å². The van der Waals surface area contributed by atoms with Gasteiger partial charge in [0, 0.05) is 37.7 Å². The third-order valence-electron chi connectivity index (χ3n) is 3.81. The Morgan fingerprint density at radius 3 is 2.57 bits per heavy atom. The van der Waals surface area contributed by atoms with E-state index in [1.807, 2.05) is 48.8 Å². The fourth-order valence-electron chi connectivity index (χ4n) is 2.72. The molecule has 3 rings (SSSR count). The zero-order chi connectivity index (χ0) is 15.9. The molecular formula is C19H21N3O. The van der Waals surface area contributed by atoms with Crippen molar-refractivity contribution in [1.82, 2.24) is 14.5 Å². The molecule has 0 aliphatic heterocycles. The molecule has 3 aromatic rings. The summed E-state index contributed by atoms with van der Waals surface area (Å²) in [6.07, 6.45) is 5.68. The number of hydrogen-bond acceptors (Lipinski definition) is 3. The van der Waals surface area contributed by atoms with Crippen LogP contribution in [0.2, 0.25) is 0 Å². The smallest absolute Gasteiger partial charge is 0.0636 e. The molecule has 118 valence electrons. The minimum Gasteiger partial charge on any atom is -0.395 e. The Labute approximate surface area is 136 Å². The third-order valence-corrected chi connectivity index (χ3v) is 3.81. The van der Waals surface area contributed by atoms with Gasteiger partial charge in [0.25, 0.3) is 0 Å². The lowest BCUT2D eigenvalue weighted by Crippen LogP contribution is -2.27. The molecule has 1 N–H and O–H groups in total. The number of rotatable bonds is 7. The zero-order valence-corrected chi connectivity index (χ0v) is 13.0. The van der Waals surface area contributed by atoms with E-state index in [1.54, 1.807) is 6.20 Å². The first-order valence-corrected chi connectivity index (χ1v) is 7.80. The second-order valence-electron chi connectivity index (χ2n) is 5.50. The molecule has 0 saturated carbocycles. The molecule has 0 spiro atoms. The molecule has 0 bridgehead atoms. The van der Waals surface area contributed by atoms with Crippen molar-refractivity contribution in [2.45, 2.75) is 13.1 Å². The second-order valence-corrected chi connectivity index (χ2v) is 5.50. The Kier molecular flexibility index (Phi) is 5.19. The highest BCUT2D eigenvalue weighted by atomic mass is 16.3. The highest BCUT2D eigenvalue weighted by Crippen LogP contribution is 2.15. The monoisotopic (exact) mass is 307 g/mol. The summed E-state index contributed by atoms with van der Waals surface area (Å²) in [5, 5.41) is 9.37. The molecule has 1 aromatic carbocycles. The highest BCUT2D eigenvalue weighted by molar-refractivity contribution is 5.32. The van der Waals surface area contributed by atoms with Crippen molar-refractivity contribution in [2.24, 2.45) is 0 Å². The first-order valence-electron chi connectivity index (χ1n) is 7.80. The van der Waals surface area contributed by atoms with E-state index >= 15 is 0 Å². The molecule has 0 saturated heterocycles. The van der Waals surface area contributed by atoms with Crippen LogP contribution in [0.25, 0.3) is 5.69 Å². The summed E-state index contributed by atoms with van der Waals surface area (Å²) in [6, 6.07) is 18.5. The number of pyridine rings is 1. The highest BCUT2D eigenvalue weighted by Gasteiger charge is 2.10. The molecule has 0 aliphatic carbocycles. The number of aromatic nitrogens is 2. The van der Waals surface area contributed by atoms with Gasteiger partial charge in [-0.2, -0.15) is 0 Å². The van der Waals surface area contributed by atoms with Gasteiger partial charge in [0.05, 0.1) is 18.5 Å². The van der Waals surface area contributed by atoms with Gasteiger partial charge in [-0.3, -0.25) is 9.88 Å². The second kappa shape index (κ2) is 7.72. The van der Waals surface area contributed by atoms with E-state index in [4.69, 9.17) is 0 Å². The van der Waals surface area contributed by atoms with E-state index in [0.717, 1.165) is 18.8 Å². The van der Waals surface area contributed by atoms with Crippen molar-refractivity contribution in [3.63, 3.8) is 0 Å². The molecule has 0 unspecified atom stereocenters. The van der Waals surface area contributed by atoms with E-state index < -0.39 is 0 Å². The largest absolute Gasteiger partial charge is 0.395 e. The number of nitrogens with zero attached hydrogens (tertiary/aromatic N) is 3. The van der Waals surface area contributed by atoms with Crippen LogP contribution in [0.5, 0.6) is 0 Å². The molecule has 23 heavy (non-hydrogen) atoms. The first-order chi connectivity index (χ1) is 11.4. The van der Waals surface area contributed by atoms with Crippen LogP contribution < -0.4 is 0 Å². The van der Waals surface area contributed by atoms with E-state index in [-0.39, 0.29) is 6.61 Å². The van der Waals surface area contributed by atoms with Crippen molar-refractivity contribution in [3.8, 4) is 5.69 Å². The van der Waals surface area contributed by atoms with Crippen LogP contribution in [0.15, 0.2) is 73.2 Å². The summed E-state index contributed by atoms with van der Waals surface area (Å²) >= 11 is 0. The summed E-state index contributed by atoms with van der Waals surface area (Å²) in [5.41, 5.74) is 3.49. The summed E-state index contributed by atoms with van der Waals surface area (Å²) < 4.78 is 2.14. The number of aliphatic hydroxyl groups excluding tert-OH is 1. The SMILES string of the molecule is OCCN(Cc1ccccc1)Cc1cccn1-c1cccnc1. The van der Waals surface area contributed by atoms with Crippen molar-refractivity contribution >= 4 is 0 Å². The summed E-state index contributed by atoms with van der Waals surface area (Å²) in [6.45, 7) is 2.39. The van der Waals surface area contributed by atoms with Gasteiger partial charge in [0.15, 0.2) is 0 Å². The van der Waals surface area contributed by atoms with Gasteiger partial charge in [-0.25, -0.2) is 0 Å². The van der Waals surface area contributed by atoms with Gasteiger partial charge in [-0.15, -0.1) is 0 Å². The molecule has 4 nitrogen and oxygen atoms in total. The maximum absolute atomic E-state index is 9.37. The van der Waals surface area contributed by atoms with E-state index in [2.05, 4.69) is 32.7 Å². The maximum Gasteiger partial charge on any atom is 0.0636 e. The van der Waals surface area contributed by atoms with Gasteiger partial charge in [0.2, 0.25) is 0 Å². The quantitative estimate of drug-likeness (QED) is 0.730. The summed E-state index contributed by atoms with van der Waals surface area (Å²) in [4.78, 5) is 6.44. The summed E-state index contributed by atoms with van der Waals surface area (Å²) in [7, 11) is 0. The summed E-state index contributed by atoms with van der Waals surface area (Å²) in [5.74, 6) is 0. The lowest BCUT2D eigenvalue weighted by molar-refractivity contribution is 0.182. The fourth-order valence-corrected chi connectivity index (χ4v) is 2.72. The van der Waals surface area contributed by atoms with Gasteiger partial charge >= 0.3 is 0 Å². The molecule has 0 radical (unpaired) electrons. The minimum absolute atomic E-state index is 0.153. The van der Waals surface area contributed by atoms with Crippen LogP contribution in [0.3, 0.4) is 0 Å². The van der Waals surface area contributed by atoms with E-state index in [1.165, 1.54) is 11.3 Å². The van der Waals surface area contributed by atoms with E-state index in [9.17, 15) is 5.11 Å². The van der Waals surface area contributed by atoms with Crippen LogP contribution >= 0.6 is 0 Å². The Morgan fingerprint density at radius 2 is 1.83 bits per heavy atom. The topological polar surface area (TPSA) is 41.3 Å². The van der Waals surface area contributed by atoms with E-state index in [0.29, 0.717) is 6.54 Å². The number of hydrogen-bond donors (Lipinski definition) is 1. The van der Waals surface area contributed by atoms with Crippen LogP contribution in [0.1, 0.15) is 11.3 Å².